The maximum Gasteiger partial charge on any atom is 0.407 e. The number of unbranched alkanes of at least 4 members (excludes halogenated alkanes) is 3. The van der Waals surface area contributed by atoms with E-state index < -0.39 is 23.5 Å². The molecule has 0 unspecified atom stereocenters. The highest BCUT2D eigenvalue weighted by Gasteiger charge is 2.15. The van der Waals surface area contributed by atoms with Crippen molar-refractivity contribution in [2.24, 2.45) is 0 Å². The van der Waals surface area contributed by atoms with Crippen molar-refractivity contribution in [1.29, 1.82) is 0 Å². The van der Waals surface area contributed by atoms with Crippen LogP contribution in [0.3, 0.4) is 0 Å². The first-order valence-corrected chi connectivity index (χ1v) is 7.26. The first-order valence-electron chi connectivity index (χ1n) is 7.26. The molecule has 6 heteroatoms. The van der Waals surface area contributed by atoms with E-state index in [-0.39, 0.29) is 6.61 Å². The molecule has 0 atom stereocenters. The zero-order chi connectivity index (χ0) is 16.3. The molecule has 5 nitrogen and oxygen atoms in total. The molecule has 0 spiro atoms. The molecule has 0 aliphatic carbocycles. The van der Waals surface area contributed by atoms with Gasteiger partial charge in [-0.2, -0.15) is 4.39 Å². The Balaban J connectivity index is 3.63. The number of esters is 1. The van der Waals surface area contributed by atoms with Gasteiger partial charge in [0, 0.05) is 6.54 Å². The average Bonchev–Trinajstić information content (AvgIpc) is 2.35. The molecular weight excluding hydrogens is 277 g/mol. The number of amides is 1. The number of hydrogen-bond donors (Lipinski definition) is 1. The summed E-state index contributed by atoms with van der Waals surface area (Å²) in [6.07, 6.45) is 3.60. The summed E-state index contributed by atoms with van der Waals surface area (Å²) in [5, 5.41) is 2.65. The van der Waals surface area contributed by atoms with Crippen molar-refractivity contribution in [2.45, 2.75) is 59.0 Å². The summed E-state index contributed by atoms with van der Waals surface area (Å²) in [4.78, 5) is 22.3. The Morgan fingerprint density at radius 3 is 2.43 bits per heavy atom. The van der Waals surface area contributed by atoms with Crippen molar-refractivity contribution in [3.05, 3.63) is 11.9 Å². The summed E-state index contributed by atoms with van der Waals surface area (Å²) in [6.45, 7) is 7.71. The second-order valence-corrected chi connectivity index (χ2v) is 5.55. The number of rotatable bonds is 8. The Kier molecular flexibility index (Phi) is 9.41. The molecule has 0 aliphatic rings. The zero-order valence-corrected chi connectivity index (χ0v) is 13.3. The molecule has 0 radical (unpaired) electrons. The van der Waals surface area contributed by atoms with Gasteiger partial charge in [-0.1, -0.05) is 6.42 Å². The van der Waals surface area contributed by atoms with Gasteiger partial charge in [-0.15, -0.1) is 0 Å². The van der Waals surface area contributed by atoms with Crippen molar-refractivity contribution < 1.29 is 23.5 Å². The van der Waals surface area contributed by atoms with Crippen LogP contribution in [0.5, 0.6) is 0 Å². The molecule has 21 heavy (non-hydrogen) atoms. The summed E-state index contributed by atoms with van der Waals surface area (Å²) >= 11 is 0. The molecule has 122 valence electrons. The van der Waals surface area contributed by atoms with Gasteiger partial charge in [-0.25, -0.2) is 9.59 Å². The summed E-state index contributed by atoms with van der Waals surface area (Å²) in [5.41, 5.74) is -0.500. The van der Waals surface area contributed by atoms with Crippen LogP contribution >= 0.6 is 0 Å². The summed E-state index contributed by atoms with van der Waals surface area (Å²) in [6, 6.07) is 0. The van der Waals surface area contributed by atoms with Crippen molar-refractivity contribution >= 4 is 12.1 Å². The molecule has 1 N–H and O–H groups in total. The minimum atomic E-state index is -0.913. The van der Waals surface area contributed by atoms with Gasteiger partial charge >= 0.3 is 12.1 Å². The summed E-state index contributed by atoms with van der Waals surface area (Å²) in [5.74, 6) is -1.76. The van der Waals surface area contributed by atoms with E-state index in [0.29, 0.717) is 13.0 Å². The van der Waals surface area contributed by atoms with E-state index >= 15 is 0 Å². The Morgan fingerprint density at radius 2 is 1.86 bits per heavy atom. The fraction of sp³-hybridized carbons (Fsp3) is 0.733. The molecule has 1 amide bonds. The molecule has 0 heterocycles. The third kappa shape index (κ3) is 11.9. The van der Waals surface area contributed by atoms with Gasteiger partial charge in [-0.3, -0.25) is 0 Å². The van der Waals surface area contributed by atoms with Crippen LogP contribution < -0.4 is 5.32 Å². The molecular formula is C15H26FNO4. The lowest BCUT2D eigenvalue weighted by molar-refractivity contribution is -0.140. The maximum absolute atomic E-state index is 13.1. The van der Waals surface area contributed by atoms with Crippen molar-refractivity contribution in [3.63, 3.8) is 0 Å². The quantitative estimate of drug-likeness (QED) is 0.423. The molecule has 0 bridgehead atoms. The molecule has 0 saturated carbocycles. The van der Waals surface area contributed by atoms with Crippen LogP contribution in [-0.2, 0) is 14.3 Å². The Labute approximate surface area is 125 Å². The second-order valence-electron chi connectivity index (χ2n) is 5.55. The Hall–Kier alpha value is -1.59. The van der Waals surface area contributed by atoms with Crippen LogP contribution in [0.15, 0.2) is 11.9 Å². The van der Waals surface area contributed by atoms with Gasteiger partial charge in [0.2, 0.25) is 5.83 Å². The van der Waals surface area contributed by atoms with E-state index in [1.54, 1.807) is 27.7 Å². The zero-order valence-electron chi connectivity index (χ0n) is 13.3. The number of allylic oxidation sites excluding steroid dienone is 1. The molecule has 0 fully saturated rings. The van der Waals surface area contributed by atoms with Crippen LogP contribution in [0.2, 0.25) is 0 Å². The van der Waals surface area contributed by atoms with E-state index in [2.05, 4.69) is 10.1 Å². The van der Waals surface area contributed by atoms with E-state index in [9.17, 15) is 14.0 Å². The lowest BCUT2D eigenvalue weighted by Crippen LogP contribution is -2.32. The van der Waals surface area contributed by atoms with Crippen molar-refractivity contribution in [3.8, 4) is 0 Å². The normalized spacial score (nSPS) is 12.0. The lowest BCUT2D eigenvalue weighted by atomic mass is 10.2. The number of halogens is 1. The van der Waals surface area contributed by atoms with Crippen LogP contribution in [0.25, 0.3) is 0 Å². The van der Waals surface area contributed by atoms with Crippen LogP contribution in [0.1, 0.15) is 53.4 Å². The molecule has 0 aliphatic heterocycles. The fourth-order valence-corrected chi connectivity index (χ4v) is 1.46. The molecule has 0 aromatic heterocycles. The average molecular weight is 303 g/mol. The SMILES string of the molecule is CCOC(=O)/C(F)=C/CCCCCNC(=O)OC(C)(C)C. The van der Waals surface area contributed by atoms with E-state index in [1.807, 2.05) is 0 Å². The van der Waals surface area contributed by atoms with Crippen molar-refractivity contribution in [2.75, 3.05) is 13.2 Å². The van der Waals surface area contributed by atoms with Gasteiger partial charge in [0.1, 0.15) is 5.60 Å². The largest absolute Gasteiger partial charge is 0.461 e. The number of alkyl carbamates (subject to hydrolysis) is 1. The lowest BCUT2D eigenvalue weighted by Gasteiger charge is -2.19. The summed E-state index contributed by atoms with van der Waals surface area (Å²) < 4.78 is 22.7. The van der Waals surface area contributed by atoms with Crippen LogP contribution in [0.4, 0.5) is 9.18 Å². The molecule has 0 aromatic rings. The predicted octanol–water partition coefficient (Wildman–Crippen LogP) is 3.49. The highest BCUT2D eigenvalue weighted by Crippen LogP contribution is 2.08. The molecule has 0 rings (SSSR count). The number of carbonyl (C=O) groups is 2. The van der Waals surface area contributed by atoms with E-state index in [4.69, 9.17) is 4.74 Å². The first-order chi connectivity index (χ1) is 9.76. The van der Waals surface area contributed by atoms with Gasteiger partial charge in [0.25, 0.3) is 0 Å². The number of hydrogen-bond acceptors (Lipinski definition) is 4. The molecule has 0 saturated heterocycles. The van der Waals surface area contributed by atoms with Gasteiger partial charge < -0.3 is 14.8 Å². The second kappa shape index (κ2) is 10.2. The van der Waals surface area contributed by atoms with Gasteiger partial charge in [0.15, 0.2) is 0 Å². The number of nitrogens with one attached hydrogen (secondary N) is 1. The topological polar surface area (TPSA) is 64.6 Å². The van der Waals surface area contributed by atoms with Crippen molar-refractivity contribution in [1.82, 2.24) is 5.32 Å². The third-order valence-corrected chi connectivity index (χ3v) is 2.34. The molecule has 0 aromatic carbocycles. The minimum absolute atomic E-state index is 0.163. The highest BCUT2D eigenvalue weighted by molar-refractivity contribution is 5.85. The Bertz CT molecular complexity index is 361. The van der Waals surface area contributed by atoms with Crippen LogP contribution in [-0.4, -0.2) is 30.8 Å². The smallest absolute Gasteiger partial charge is 0.407 e. The number of carbonyl (C=O) groups excluding carboxylic acids is 2. The number of ether oxygens (including phenoxy) is 2. The third-order valence-electron chi connectivity index (χ3n) is 2.34. The van der Waals surface area contributed by atoms with Gasteiger partial charge in [0.05, 0.1) is 6.61 Å². The monoisotopic (exact) mass is 303 g/mol. The highest BCUT2D eigenvalue weighted by atomic mass is 19.1. The first kappa shape index (κ1) is 19.4. The van der Waals surface area contributed by atoms with E-state index in [1.165, 1.54) is 6.08 Å². The summed E-state index contributed by atoms with van der Waals surface area (Å²) in [7, 11) is 0. The fourth-order valence-electron chi connectivity index (χ4n) is 1.46. The van der Waals surface area contributed by atoms with E-state index in [0.717, 1.165) is 19.3 Å². The minimum Gasteiger partial charge on any atom is -0.461 e. The maximum atomic E-state index is 13.1. The Morgan fingerprint density at radius 1 is 1.19 bits per heavy atom. The standard InChI is InChI=1S/C15H26FNO4/c1-5-20-13(18)12(16)10-8-6-7-9-11-17-14(19)21-15(2,3)4/h10H,5-9,11H2,1-4H3,(H,17,19)/b12-10-. The van der Waals surface area contributed by atoms with Gasteiger partial charge in [-0.05, 0) is 53.0 Å². The van der Waals surface area contributed by atoms with Crippen LogP contribution in [0, 0.1) is 0 Å². The predicted molar refractivity (Wildman–Crippen MR) is 78.5 cm³/mol.